The Morgan fingerprint density at radius 2 is 2.05 bits per heavy atom. The zero-order valence-corrected chi connectivity index (χ0v) is 13.3. The van der Waals surface area contributed by atoms with Gasteiger partial charge in [0.25, 0.3) is 0 Å². The van der Waals surface area contributed by atoms with E-state index in [1.165, 1.54) is 7.11 Å². The van der Waals surface area contributed by atoms with Gasteiger partial charge in [0, 0.05) is 27.2 Å². The molecule has 0 amide bonds. The molecular formula is C16H13Cl2NO3. The summed E-state index contributed by atoms with van der Waals surface area (Å²) in [6.45, 7) is 0.753. The second-order valence-electron chi connectivity index (χ2n) is 4.69. The molecule has 0 atom stereocenters. The summed E-state index contributed by atoms with van der Waals surface area (Å²) in [4.78, 5) is 4.79. The van der Waals surface area contributed by atoms with Gasteiger partial charge in [0.1, 0.15) is 37.5 Å². The van der Waals surface area contributed by atoms with Gasteiger partial charge in [-0.25, -0.2) is 0 Å². The van der Waals surface area contributed by atoms with Crippen LogP contribution in [0.25, 0.3) is 0 Å². The first-order chi connectivity index (χ1) is 10.7. The normalized spacial score (nSPS) is 14.6. The number of rotatable bonds is 4. The largest absolute Gasteiger partial charge is 0.489 e. The average Bonchev–Trinajstić information content (AvgIpc) is 2.89. The number of fused-ring (bicyclic) bond motifs is 1. The summed E-state index contributed by atoms with van der Waals surface area (Å²) in [5.41, 5.74) is 2.55. The van der Waals surface area contributed by atoms with Crippen molar-refractivity contribution in [1.29, 1.82) is 0 Å². The molecule has 0 fully saturated rings. The number of nitrogens with zero attached hydrogens (tertiary/aromatic N) is 1. The highest BCUT2D eigenvalue weighted by Crippen LogP contribution is 2.31. The van der Waals surface area contributed by atoms with Crippen LogP contribution in [0, 0.1) is 0 Å². The molecule has 0 aromatic heterocycles. The Balaban J connectivity index is 1.73. The molecule has 0 saturated heterocycles. The van der Waals surface area contributed by atoms with Gasteiger partial charge in [-0.05, 0) is 24.3 Å². The zero-order valence-electron chi connectivity index (χ0n) is 11.8. The molecule has 6 heteroatoms. The number of ether oxygens (including phenoxy) is 2. The second kappa shape index (κ2) is 6.46. The minimum atomic E-state index is 0.355. The quantitative estimate of drug-likeness (QED) is 0.780. The predicted octanol–water partition coefficient (Wildman–Crippen LogP) is 4.32. The molecule has 1 heterocycles. The van der Waals surface area contributed by atoms with E-state index in [-0.39, 0.29) is 0 Å². The Hall–Kier alpha value is -1.91. The van der Waals surface area contributed by atoms with E-state index < -0.39 is 0 Å². The maximum absolute atomic E-state index is 6.12. The highest BCUT2D eigenvalue weighted by Gasteiger charge is 2.20. The van der Waals surface area contributed by atoms with Crippen molar-refractivity contribution in [3.05, 3.63) is 57.6 Å². The van der Waals surface area contributed by atoms with Crippen LogP contribution in [-0.4, -0.2) is 19.4 Å². The third-order valence-electron chi connectivity index (χ3n) is 3.24. The molecule has 0 spiro atoms. The van der Waals surface area contributed by atoms with Gasteiger partial charge in [0.05, 0.1) is 0 Å². The fourth-order valence-corrected chi connectivity index (χ4v) is 2.62. The maximum atomic E-state index is 6.12. The van der Waals surface area contributed by atoms with E-state index in [1.807, 2.05) is 24.3 Å². The summed E-state index contributed by atoms with van der Waals surface area (Å²) in [6, 6.07) is 10.9. The molecule has 2 aromatic rings. The van der Waals surface area contributed by atoms with Crippen LogP contribution in [0.5, 0.6) is 11.5 Å². The fraction of sp³-hybridized carbons (Fsp3) is 0.188. The van der Waals surface area contributed by atoms with E-state index in [0.717, 1.165) is 22.6 Å². The van der Waals surface area contributed by atoms with Gasteiger partial charge in [0.2, 0.25) is 0 Å². The molecule has 22 heavy (non-hydrogen) atoms. The number of benzene rings is 2. The van der Waals surface area contributed by atoms with Crippen LogP contribution in [-0.2, 0) is 11.4 Å². The minimum absolute atomic E-state index is 0.355. The SMILES string of the molecule is CON=C1COc2cc(OCc3ccc(Cl)cc3Cl)ccc21. The first kappa shape index (κ1) is 15.0. The lowest BCUT2D eigenvalue weighted by molar-refractivity contribution is 0.211. The Morgan fingerprint density at radius 1 is 1.18 bits per heavy atom. The standard InChI is InChI=1S/C16H13Cl2NO3/c1-20-19-15-9-22-16-7-12(4-5-13(15)16)21-8-10-2-3-11(17)6-14(10)18/h2-7H,8-9H2,1H3. The predicted molar refractivity (Wildman–Crippen MR) is 86.3 cm³/mol. The summed E-state index contributed by atoms with van der Waals surface area (Å²) in [5.74, 6) is 1.43. The smallest absolute Gasteiger partial charge is 0.134 e. The van der Waals surface area contributed by atoms with E-state index in [4.69, 9.17) is 37.5 Å². The Bertz CT molecular complexity index is 731. The monoisotopic (exact) mass is 337 g/mol. The van der Waals surface area contributed by atoms with Crippen molar-refractivity contribution in [2.24, 2.45) is 5.16 Å². The van der Waals surface area contributed by atoms with Crippen LogP contribution >= 0.6 is 23.2 Å². The fourth-order valence-electron chi connectivity index (χ4n) is 2.16. The number of halogens is 2. The lowest BCUT2D eigenvalue weighted by Crippen LogP contribution is -2.02. The molecule has 0 saturated carbocycles. The van der Waals surface area contributed by atoms with Gasteiger partial charge in [-0.15, -0.1) is 0 Å². The van der Waals surface area contributed by atoms with E-state index in [0.29, 0.717) is 29.0 Å². The highest BCUT2D eigenvalue weighted by molar-refractivity contribution is 6.35. The highest BCUT2D eigenvalue weighted by atomic mass is 35.5. The average molecular weight is 338 g/mol. The van der Waals surface area contributed by atoms with Gasteiger partial charge in [-0.1, -0.05) is 34.4 Å². The van der Waals surface area contributed by atoms with Crippen molar-refractivity contribution in [3.63, 3.8) is 0 Å². The summed E-state index contributed by atoms with van der Waals surface area (Å²) in [7, 11) is 1.51. The van der Waals surface area contributed by atoms with Crippen molar-refractivity contribution >= 4 is 28.9 Å². The maximum Gasteiger partial charge on any atom is 0.134 e. The lowest BCUT2D eigenvalue weighted by atomic mass is 10.1. The molecule has 0 N–H and O–H groups in total. The molecule has 0 radical (unpaired) electrons. The van der Waals surface area contributed by atoms with Crippen molar-refractivity contribution in [3.8, 4) is 11.5 Å². The van der Waals surface area contributed by atoms with Gasteiger partial charge in [0.15, 0.2) is 0 Å². The number of oxime groups is 1. The molecule has 1 aliphatic rings. The summed E-state index contributed by atoms with van der Waals surface area (Å²) in [5, 5.41) is 5.11. The van der Waals surface area contributed by atoms with Crippen LogP contribution in [0.1, 0.15) is 11.1 Å². The van der Waals surface area contributed by atoms with E-state index in [2.05, 4.69) is 5.16 Å². The molecule has 0 unspecified atom stereocenters. The van der Waals surface area contributed by atoms with Crippen molar-refractivity contribution in [1.82, 2.24) is 0 Å². The minimum Gasteiger partial charge on any atom is -0.489 e. The van der Waals surface area contributed by atoms with Crippen LogP contribution in [0.3, 0.4) is 0 Å². The molecule has 2 aromatic carbocycles. The third kappa shape index (κ3) is 3.13. The second-order valence-corrected chi connectivity index (χ2v) is 5.54. The lowest BCUT2D eigenvalue weighted by Gasteiger charge is -2.09. The number of hydrogen-bond acceptors (Lipinski definition) is 4. The molecular weight excluding hydrogens is 325 g/mol. The van der Waals surface area contributed by atoms with Crippen LogP contribution in [0.4, 0.5) is 0 Å². The van der Waals surface area contributed by atoms with Crippen LogP contribution in [0.2, 0.25) is 10.0 Å². The van der Waals surface area contributed by atoms with Gasteiger partial charge >= 0.3 is 0 Å². The van der Waals surface area contributed by atoms with Crippen LogP contribution in [0.15, 0.2) is 41.6 Å². The summed E-state index contributed by atoms with van der Waals surface area (Å²) < 4.78 is 11.3. The third-order valence-corrected chi connectivity index (χ3v) is 3.83. The van der Waals surface area contributed by atoms with Crippen molar-refractivity contribution in [2.75, 3.05) is 13.7 Å². The molecule has 1 aliphatic heterocycles. The van der Waals surface area contributed by atoms with E-state index >= 15 is 0 Å². The van der Waals surface area contributed by atoms with Gasteiger partial charge in [-0.2, -0.15) is 0 Å². The molecule has 3 rings (SSSR count). The zero-order chi connectivity index (χ0) is 15.5. The molecule has 114 valence electrons. The molecule has 0 bridgehead atoms. The topological polar surface area (TPSA) is 40.0 Å². The molecule has 0 aliphatic carbocycles. The van der Waals surface area contributed by atoms with E-state index in [9.17, 15) is 0 Å². The van der Waals surface area contributed by atoms with Crippen LogP contribution < -0.4 is 9.47 Å². The van der Waals surface area contributed by atoms with Crippen molar-refractivity contribution in [2.45, 2.75) is 6.61 Å². The molecule has 4 nitrogen and oxygen atoms in total. The van der Waals surface area contributed by atoms with Gasteiger partial charge < -0.3 is 14.3 Å². The Kier molecular flexibility index (Phi) is 4.41. The summed E-state index contributed by atoms with van der Waals surface area (Å²) in [6.07, 6.45) is 0. The Morgan fingerprint density at radius 3 is 2.82 bits per heavy atom. The first-order valence-corrected chi connectivity index (χ1v) is 7.37. The van der Waals surface area contributed by atoms with E-state index in [1.54, 1.807) is 12.1 Å². The number of hydrogen-bond donors (Lipinski definition) is 0. The summed E-state index contributed by atoms with van der Waals surface area (Å²) >= 11 is 12.0. The van der Waals surface area contributed by atoms with Crippen molar-refractivity contribution < 1.29 is 14.3 Å². The Labute approximate surface area is 138 Å². The van der Waals surface area contributed by atoms with Gasteiger partial charge in [-0.3, -0.25) is 0 Å². The first-order valence-electron chi connectivity index (χ1n) is 6.61.